The largest absolute Gasteiger partial charge is 0.384 e. The van der Waals surface area contributed by atoms with E-state index < -0.39 is 6.10 Å². The molecule has 1 N–H and O–H groups in total. The van der Waals surface area contributed by atoms with Gasteiger partial charge in [0.05, 0.1) is 24.8 Å². The molecule has 21 heavy (non-hydrogen) atoms. The summed E-state index contributed by atoms with van der Waals surface area (Å²) in [5.74, 6) is 5.19. The van der Waals surface area contributed by atoms with Gasteiger partial charge in [0.2, 0.25) is 0 Å². The number of morpholine rings is 1. The summed E-state index contributed by atoms with van der Waals surface area (Å²) in [6, 6.07) is 7.44. The van der Waals surface area contributed by atoms with Crippen LogP contribution in [0.15, 0.2) is 18.2 Å². The minimum Gasteiger partial charge on any atom is -0.384 e. The topological polar surface area (TPSA) is 73.6 Å². The van der Waals surface area contributed by atoms with Crippen LogP contribution in [0.5, 0.6) is 0 Å². The molecule has 1 aliphatic rings. The van der Waals surface area contributed by atoms with Crippen molar-refractivity contribution in [2.75, 3.05) is 26.3 Å². The number of carbonyl (C=O) groups excluding carboxylic acids is 1. The number of rotatable bonds is 1. The van der Waals surface area contributed by atoms with E-state index in [2.05, 4.69) is 11.8 Å². The van der Waals surface area contributed by atoms with Gasteiger partial charge in [0, 0.05) is 12.1 Å². The summed E-state index contributed by atoms with van der Waals surface area (Å²) in [6.07, 6.45) is -0.584. The van der Waals surface area contributed by atoms with Crippen molar-refractivity contribution >= 4 is 5.91 Å². The molecule has 0 aliphatic carbocycles. The number of aliphatic hydroxyl groups excluding tert-OH is 1. The number of aryl methyl sites for hydroxylation is 1. The highest BCUT2D eigenvalue weighted by Gasteiger charge is 2.26. The molecule has 1 amide bonds. The van der Waals surface area contributed by atoms with Gasteiger partial charge in [-0.1, -0.05) is 23.5 Å². The van der Waals surface area contributed by atoms with Crippen molar-refractivity contribution in [3.63, 3.8) is 0 Å². The van der Waals surface area contributed by atoms with E-state index in [4.69, 9.17) is 15.1 Å². The van der Waals surface area contributed by atoms with Gasteiger partial charge in [0.25, 0.3) is 5.91 Å². The molecule has 1 heterocycles. The van der Waals surface area contributed by atoms with Gasteiger partial charge >= 0.3 is 0 Å². The molecule has 0 bridgehead atoms. The monoisotopic (exact) mass is 284 g/mol. The first-order valence-corrected chi connectivity index (χ1v) is 6.66. The second-order valence-electron chi connectivity index (χ2n) is 4.75. The Hall–Kier alpha value is -2.34. The van der Waals surface area contributed by atoms with Gasteiger partial charge in [-0.3, -0.25) is 4.79 Å². The van der Waals surface area contributed by atoms with Crippen LogP contribution in [0.4, 0.5) is 0 Å². The Morgan fingerprint density at radius 1 is 1.57 bits per heavy atom. The average molecular weight is 284 g/mol. The SMILES string of the molecule is Cc1ccc(C#CCO)c(C(=O)N2CCOC(C#N)C2)c1. The smallest absolute Gasteiger partial charge is 0.255 e. The molecule has 108 valence electrons. The summed E-state index contributed by atoms with van der Waals surface area (Å²) in [5.41, 5.74) is 2.03. The van der Waals surface area contributed by atoms with Crippen molar-refractivity contribution in [2.45, 2.75) is 13.0 Å². The predicted molar refractivity (Wildman–Crippen MR) is 76.4 cm³/mol. The Kier molecular flexibility index (Phi) is 4.94. The van der Waals surface area contributed by atoms with Gasteiger partial charge in [-0.25, -0.2) is 0 Å². The summed E-state index contributed by atoms with van der Waals surface area (Å²) >= 11 is 0. The Morgan fingerprint density at radius 2 is 2.38 bits per heavy atom. The van der Waals surface area contributed by atoms with Crippen LogP contribution in [0.1, 0.15) is 21.5 Å². The maximum Gasteiger partial charge on any atom is 0.255 e. The first-order valence-electron chi connectivity index (χ1n) is 6.66. The number of nitrogens with zero attached hydrogens (tertiary/aromatic N) is 2. The highest BCUT2D eigenvalue weighted by molar-refractivity contribution is 5.97. The van der Waals surface area contributed by atoms with Gasteiger partial charge in [-0.05, 0) is 19.1 Å². The van der Waals surface area contributed by atoms with Crippen molar-refractivity contribution in [2.24, 2.45) is 0 Å². The fourth-order valence-electron chi connectivity index (χ4n) is 2.16. The maximum absolute atomic E-state index is 12.6. The van der Waals surface area contributed by atoms with Gasteiger partial charge in [0.15, 0.2) is 6.10 Å². The number of benzene rings is 1. The van der Waals surface area contributed by atoms with Crippen molar-refractivity contribution in [1.29, 1.82) is 5.26 Å². The van der Waals surface area contributed by atoms with Crippen LogP contribution >= 0.6 is 0 Å². The van der Waals surface area contributed by atoms with Crippen molar-refractivity contribution in [3.8, 4) is 17.9 Å². The van der Waals surface area contributed by atoms with Gasteiger partial charge in [-0.15, -0.1) is 0 Å². The van der Waals surface area contributed by atoms with Crippen LogP contribution in [-0.4, -0.2) is 48.3 Å². The van der Waals surface area contributed by atoms with E-state index in [0.717, 1.165) is 5.56 Å². The zero-order valence-electron chi connectivity index (χ0n) is 11.8. The van der Waals surface area contributed by atoms with E-state index in [9.17, 15) is 4.79 Å². The fraction of sp³-hybridized carbons (Fsp3) is 0.375. The highest BCUT2D eigenvalue weighted by atomic mass is 16.5. The Bertz CT molecular complexity index is 637. The molecule has 1 aliphatic heterocycles. The minimum absolute atomic E-state index is 0.163. The molecule has 1 unspecified atom stereocenters. The van der Waals surface area contributed by atoms with E-state index in [1.54, 1.807) is 17.0 Å². The van der Waals surface area contributed by atoms with Crippen LogP contribution in [0.25, 0.3) is 0 Å². The Morgan fingerprint density at radius 3 is 3.10 bits per heavy atom. The molecule has 0 saturated carbocycles. The molecule has 1 aromatic rings. The van der Waals surface area contributed by atoms with Crippen molar-refractivity contribution in [3.05, 3.63) is 34.9 Å². The molecule has 1 aromatic carbocycles. The quantitative estimate of drug-likeness (QED) is 0.771. The lowest BCUT2D eigenvalue weighted by atomic mass is 10.0. The number of nitriles is 1. The third-order valence-electron chi connectivity index (χ3n) is 3.21. The normalized spacial score (nSPS) is 17.6. The number of carbonyl (C=O) groups is 1. The van der Waals surface area contributed by atoms with E-state index >= 15 is 0 Å². The van der Waals surface area contributed by atoms with E-state index in [1.165, 1.54) is 0 Å². The number of ether oxygens (including phenoxy) is 1. The van der Waals surface area contributed by atoms with Crippen LogP contribution in [0, 0.1) is 30.1 Å². The molecular weight excluding hydrogens is 268 g/mol. The Balaban J connectivity index is 2.30. The van der Waals surface area contributed by atoms with Crippen molar-refractivity contribution in [1.82, 2.24) is 4.90 Å². The van der Waals surface area contributed by atoms with Crippen LogP contribution in [0.2, 0.25) is 0 Å². The number of hydrogen-bond donors (Lipinski definition) is 1. The van der Waals surface area contributed by atoms with Crippen molar-refractivity contribution < 1.29 is 14.6 Å². The van der Waals surface area contributed by atoms with Gasteiger partial charge in [-0.2, -0.15) is 5.26 Å². The second-order valence-corrected chi connectivity index (χ2v) is 4.75. The van der Waals surface area contributed by atoms with Gasteiger partial charge in [0.1, 0.15) is 6.61 Å². The Labute approximate surface area is 123 Å². The highest BCUT2D eigenvalue weighted by Crippen LogP contribution is 2.16. The molecule has 5 nitrogen and oxygen atoms in total. The third kappa shape index (κ3) is 3.61. The average Bonchev–Trinajstić information content (AvgIpc) is 2.53. The lowest BCUT2D eigenvalue weighted by Gasteiger charge is -2.30. The standard InChI is InChI=1S/C16H16N2O3/c1-12-4-5-13(3-2-7-19)15(9-12)16(20)18-6-8-21-14(10-17)11-18/h4-5,9,14,19H,6-8,11H2,1H3. The molecule has 0 radical (unpaired) electrons. The third-order valence-corrected chi connectivity index (χ3v) is 3.21. The molecule has 1 saturated heterocycles. The van der Waals surface area contributed by atoms with E-state index in [0.29, 0.717) is 24.3 Å². The lowest BCUT2D eigenvalue weighted by molar-refractivity contribution is 0.00345. The summed E-state index contributed by atoms with van der Waals surface area (Å²) < 4.78 is 5.25. The second kappa shape index (κ2) is 6.90. The summed E-state index contributed by atoms with van der Waals surface area (Å²) in [6.45, 7) is 2.72. The molecule has 5 heteroatoms. The minimum atomic E-state index is -0.584. The number of hydrogen-bond acceptors (Lipinski definition) is 4. The first kappa shape index (κ1) is 15.1. The van der Waals surface area contributed by atoms with Crippen LogP contribution < -0.4 is 0 Å². The fourth-order valence-corrected chi connectivity index (χ4v) is 2.16. The predicted octanol–water partition coefficient (Wildman–Crippen LogP) is 0.703. The summed E-state index contributed by atoms with van der Waals surface area (Å²) in [7, 11) is 0. The molecule has 1 atom stereocenters. The molecule has 1 fully saturated rings. The molecular formula is C16H16N2O3. The first-order chi connectivity index (χ1) is 10.2. The molecule has 2 rings (SSSR count). The van der Waals surface area contributed by atoms with Crippen LogP contribution in [-0.2, 0) is 4.74 Å². The number of aliphatic hydroxyl groups is 1. The zero-order valence-corrected chi connectivity index (χ0v) is 11.8. The maximum atomic E-state index is 12.6. The van der Waals surface area contributed by atoms with E-state index in [1.807, 2.05) is 19.1 Å². The van der Waals surface area contributed by atoms with Crippen LogP contribution in [0.3, 0.4) is 0 Å². The van der Waals surface area contributed by atoms with E-state index in [-0.39, 0.29) is 19.1 Å². The summed E-state index contributed by atoms with van der Waals surface area (Å²) in [4.78, 5) is 14.2. The number of amides is 1. The van der Waals surface area contributed by atoms with Gasteiger partial charge < -0.3 is 14.7 Å². The zero-order chi connectivity index (χ0) is 15.2. The summed E-state index contributed by atoms with van der Waals surface area (Å²) in [5, 5.41) is 17.7. The molecule has 0 aromatic heterocycles. The lowest BCUT2D eigenvalue weighted by Crippen LogP contribution is -2.45. The molecule has 0 spiro atoms.